The minimum absolute atomic E-state index is 0.489. The molecular weight excluding hydrogens is 222 g/mol. The van der Waals surface area contributed by atoms with Gasteiger partial charge in [-0.2, -0.15) is 0 Å². The molecule has 2 aromatic rings. The maximum Gasteiger partial charge on any atom is 0.150 e. The molecule has 0 saturated heterocycles. The van der Waals surface area contributed by atoms with Crippen LogP contribution in [0.2, 0.25) is 0 Å². The highest BCUT2D eigenvalue weighted by atomic mass is 16.5. The van der Waals surface area contributed by atoms with Crippen molar-refractivity contribution in [2.45, 2.75) is 26.7 Å². The molecule has 0 aliphatic carbocycles. The SMILES string of the molecule is Cc1ccc(N)c(Oc2cccc(C(C)C)c2)c1. The van der Waals surface area contributed by atoms with Crippen LogP contribution >= 0.6 is 0 Å². The van der Waals surface area contributed by atoms with Gasteiger partial charge in [-0.25, -0.2) is 0 Å². The van der Waals surface area contributed by atoms with E-state index in [9.17, 15) is 0 Å². The fourth-order valence-corrected chi connectivity index (χ4v) is 1.79. The van der Waals surface area contributed by atoms with E-state index in [1.165, 1.54) is 5.56 Å². The summed E-state index contributed by atoms with van der Waals surface area (Å²) in [6.45, 7) is 6.36. The van der Waals surface area contributed by atoms with Crippen LogP contribution in [-0.2, 0) is 0 Å². The summed E-state index contributed by atoms with van der Waals surface area (Å²) in [5.41, 5.74) is 8.97. The third kappa shape index (κ3) is 2.83. The van der Waals surface area contributed by atoms with Crippen LogP contribution in [-0.4, -0.2) is 0 Å². The van der Waals surface area contributed by atoms with Crippen molar-refractivity contribution in [2.75, 3.05) is 5.73 Å². The molecule has 0 amide bonds. The molecule has 2 heteroatoms. The van der Waals surface area contributed by atoms with E-state index in [1.807, 2.05) is 37.3 Å². The molecule has 0 radical (unpaired) electrons. The van der Waals surface area contributed by atoms with E-state index in [0.29, 0.717) is 11.6 Å². The summed E-state index contributed by atoms with van der Waals surface area (Å²) in [7, 11) is 0. The van der Waals surface area contributed by atoms with Crippen molar-refractivity contribution in [2.24, 2.45) is 0 Å². The van der Waals surface area contributed by atoms with Crippen LogP contribution in [0, 0.1) is 6.92 Å². The topological polar surface area (TPSA) is 35.2 Å². The molecule has 2 N–H and O–H groups in total. The maximum absolute atomic E-state index is 5.91. The Morgan fingerprint density at radius 1 is 1.06 bits per heavy atom. The monoisotopic (exact) mass is 241 g/mol. The number of nitrogen functional groups attached to an aromatic ring is 1. The number of nitrogens with two attached hydrogens (primary N) is 1. The molecule has 0 atom stereocenters. The number of aryl methyl sites for hydroxylation is 1. The zero-order valence-corrected chi connectivity index (χ0v) is 11.1. The van der Waals surface area contributed by atoms with Crippen LogP contribution in [0.3, 0.4) is 0 Å². The summed E-state index contributed by atoms with van der Waals surface area (Å²) in [6, 6.07) is 13.9. The molecule has 0 aliphatic heterocycles. The lowest BCUT2D eigenvalue weighted by Crippen LogP contribution is -1.94. The quantitative estimate of drug-likeness (QED) is 0.803. The van der Waals surface area contributed by atoms with Gasteiger partial charge in [0.05, 0.1) is 5.69 Å². The Balaban J connectivity index is 2.28. The molecule has 0 unspecified atom stereocenters. The van der Waals surface area contributed by atoms with Crippen LogP contribution < -0.4 is 10.5 Å². The number of anilines is 1. The van der Waals surface area contributed by atoms with Crippen molar-refractivity contribution in [3.8, 4) is 11.5 Å². The Morgan fingerprint density at radius 2 is 1.83 bits per heavy atom. The minimum Gasteiger partial charge on any atom is -0.455 e. The van der Waals surface area contributed by atoms with Crippen LogP contribution in [0.4, 0.5) is 5.69 Å². The van der Waals surface area contributed by atoms with Crippen LogP contribution in [0.5, 0.6) is 11.5 Å². The molecule has 0 aromatic heterocycles. The maximum atomic E-state index is 5.91. The average Bonchev–Trinajstić information content (AvgIpc) is 2.34. The number of rotatable bonds is 3. The highest BCUT2D eigenvalue weighted by Gasteiger charge is 2.05. The largest absolute Gasteiger partial charge is 0.455 e. The van der Waals surface area contributed by atoms with Crippen LogP contribution in [0.15, 0.2) is 42.5 Å². The van der Waals surface area contributed by atoms with Crippen LogP contribution in [0.25, 0.3) is 0 Å². The van der Waals surface area contributed by atoms with Gasteiger partial charge in [0.2, 0.25) is 0 Å². The van der Waals surface area contributed by atoms with Crippen LogP contribution in [0.1, 0.15) is 30.9 Å². The molecule has 0 bridgehead atoms. The lowest BCUT2D eigenvalue weighted by Gasteiger charge is -2.11. The van der Waals surface area contributed by atoms with E-state index < -0.39 is 0 Å². The molecule has 2 aromatic carbocycles. The smallest absolute Gasteiger partial charge is 0.150 e. The molecular formula is C16H19NO. The molecule has 0 aliphatic rings. The Morgan fingerprint density at radius 3 is 2.56 bits per heavy atom. The van der Waals surface area contributed by atoms with Crippen molar-refractivity contribution < 1.29 is 4.74 Å². The third-order valence-corrected chi connectivity index (χ3v) is 2.92. The van der Waals surface area contributed by atoms with Gasteiger partial charge in [0.25, 0.3) is 0 Å². The summed E-state index contributed by atoms with van der Waals surface area (Å²) in [6.07, 6.45) is 0. The molecule has 0 saturated carbocycles. The first-order valence-electron chi connectivity index (χ1n) is 6.20. The van der Waals surface area contributed by atoms with Gasteiger partial charge in [0.15, 0.2) is 5.75 Å². The van der Waals surface area contributed by atoms with Crippen molar-refractivity contribution >= 4 is 5.69 Å². The van der Waals surface area contributed by atoms with E-state index in [-0.39, 0.29) is 0 Å². The van der Waals surface area contributed by atoms with E-state index in [1.54, 1.807) is 0 Å². The van der Waals surface area contributed by atoms with Crippen molar-refractivity contribution in [1.29, 1.82) is 0 Å². The van der Waals surface area contributed by atoms with E-state index >= 15 is 0 Å². The Bertz CT molecular complexity index is 547. The summed E-state index contributed by atoms with van der Waals surface area (Å²) < 4.78 is 5.86. The van der Waals surface area contributed by atoms with E-state index in [4.69, 9.17) is 10.5 Å². The van der Waals surface area contributed by atoms with Gasteiger partial charge in [0, 0.05) is 0 Å². The van der Waals surface area contributed by atoms with Crippen molar-refractivity contribution in [1.82, 2.24) is 0 Å². The number of ether oxygens (including phenoxy) is 1. The average molecular weight is 241 g/mol. The zero-order valence-electron chi connectivity index (χ0n) is 11.1. The number of hydrogen-bond donors (Lipinski definition) is 1. The van der Waals surface area contributed by atoms with E-state index in [0.717, 1.165) is 17.1 Å². The third-order valence-electron chi connectivity index (χ3n) is 2.92. The van der Waals surface area contributed by atoms with Gasteiger partial charge in [0.1, 0.15) is 5.75 Å². The lowest BCUT2D eigenvalue weighted by atomic mass is 10.0. The molecule has 2 nitrogen and oxygen atoms in total. The normalized spacial score (nSPS) is 10.7. The standard InChI is InChI=1S/C16H19NO/c1-11(2)13-5-4-6-14(10-13)18-16-9-12(3)7-8-15(16)17/h4-11H,17H2,1-3H3. The summed E-state index contributed by atoms with van der Waals surface area (Å²) in [5, 5.41) is 0. The molecule has 0 fully saturated rings. The molecule has 0 heterocycles. The second-order valence-electron chi connectivity index (χ2n) is 4.87. The summed E-state index contributed by atoms with van der Waals surface area (Å²) >= 11 is 0. The minimum atomic E-state index is 0.489. The second kappa shape index (κ2) is 5.13. The van der Waals surface area contributed by atoms with Gasteiger partial charge in [-0.3, -0.25) is 0 Å². The van der Waals surface area contributed by atoms with Gasteiger partial charge < -0.3 is 10.5 Å². The van der Waals surface area contributed by atoms with Crippen molar-refractivity contribution in [3.05, 3.63) is 53.6 Å². The first-order valence-corrected chi connectivity index (χ1v) is 6.20. The van der Waals surface area contributed by atoms with Gasteiger partial charge in [-0.15, -0.1) is 0 Å². The second-order valence-corrected chi connectivity index (χ2v) is 4.87. The number of benzene rings is 2. The first-order chi connectivity index (χ1) is 8.56. The Kier molecular flexibility index (Phi) is 3.56. The fraction of sp³-hybridized carbons (Fsp3) is 0.250. The van der Waals surface area contributed by atoms with Crippen molar-refractivity contribution in [3.63, 3.8) is 0 Å². The molecule has 94 valence electrons. The predicted octanol–water partition coefficient (Wildman–Crippen LogP) is 4.49. The fourth-order valence-electron chi connectivity index (χ4n) is 1.79. The van der Waals surface area contributed by atoms with Gasteiger partial charge in [-0.1, -0.05) is 32.0 Å². The van der Waals surface area contributed by atoms with Gasteiger partial charge in [-0.05, 0) is 48.2 Å². The highest BCUT2D eigenvalue weighted by molar-refractivity contribution is 5.55. The summed E-state index contributed by atoms with van der Waals surface area (Å²) in [5.74, 6) is 2.04. The Hall–Kier alpha value is -1.96. The zero-order chi connectivity index (χ0) is 13.1. The number of hydrogen-bond acceptors (Lipinski definition) is 2. The lowest BCUT2D eigenvalue weighted by molar-refractivity contribution is 0.483. The van der Waals surface area contributed by atoms with Gasteiger partial charge >= 0.3 is 0 Å². The summed E-state index contributed by atoms with van der Waals surface area (Å²) in [4.78, 5) is 0. The molecule has 0 spiro atoms. The molecule has 18 heavy (non-hydrogen) atoms. The Labute approximate surface area is 108 Å². The molecule has 2 rings (SSSR count). The highest BCUT2D eigenvalue weighted by Crippen LogP contribution is 2.29. The predicted molar refractivity (Wildman–Crippen MR) is 76.2 cm³/mol. The first kappa shape index (κ1) is 12.5. The van der Waals surface area contributed by atoms with E-state index in [2.05, 4.69) is 26.0 Å².